The molecule has 0 spiro atoms. The van der Waals surface area contributed by atoms with Crippen molar-refractivity contribution in [1.29, 1.82) is 0 Å². The van der Waals surface area contributed by atoms with Crippen LogP contribution in [0.15, 0.2) is 42.5 Å². The number of benzene rings is 2. The summed E-state index contributed by atoms with van der Waals surface area (Å²) in [7, 11) is 0. The average Bonchev–Trinajstić information content (AvgIpc) is 2.65. The molecule has 26 heavy (non-hydrogen) atoms. The fraction of sp³-hybridized carbons (Fsp3) is 0.316. The van der Waals surface area contributed by atoms with Crippen LogP contribution in [0.4, 0.5) is 20.2 Å². The number of phenolic OH excluding ortho intramolecular Hbond substituents is 1. The average molecular weight is 362 g/mol. The summed E-state index contributed by atoms with van der Waals surface area (Å²) in [5, 5.41) is 12.0. The van der Waals surface area contributed by atoms with Crippen molar-refractivity contribution >= 4 is 17.3 Å². The molecule has 3 rings (SSSR count). The van der Waals surface area contributed by atoms with E-state index in [0.717, 1.165) is 48.9 Å². The minimum absolute atomic E-state index is 0.218. The Kier molecular flexibility index (Phi) is 5.37. The van der Waals surface area contributed by atoms with E-state index >= 15 is 0 Å². The van der Waals surface area contributed by atoms with Crippen molar-refractivity contribution in [3.8, 4) is 5.75 Å². The van der Waals surface area contributed by atoms with E-state index in [4.69, 9.17) is 0 Å². The molecule has 1 heterocycles. The Morgan fingerprint density at radius 2 is 1.77 bits per heavy atom. The molecule has 138 valence electrons. The van der Waals surface area contributed by atoms with Crippen LogP contribution in [0.3, 0.4) is 0 Å². The summed E-state index contributed by atoms with van der Waals surface area (Å²) in [5.74, 6) is -1.90. The van der Waals surface area contributed by atoms with Gasteiger partial charge in [-0.15, -0.1) is 0 Å². The number of aromatic hydroxyl groups is 1. The van der Waals surface area contributed by atoms with E-state index in [1.54, 1.807) is 12.1 Å². The molecule has 1 saturated heterocycles. The topological polar surface area (TPSA) is 57.0 Å². The first kappa shape index (κ1) is 18.1. The lowest BCUT2D eigenvalue weighted by molar-refractivity contribution is -0.914. The zero-order chi connectivity index (χ0) is 18.7. The summed E-state index contributed by atoms with van der Waals surface area (Å²) in [6.07, 6.45) is 0. The summed E-state index contributed by atoms with van der Waals surface area (Å²) < 4.78 is 26.2. The van der Waals surface area contributed by atoms with E-state index in [9.17, 15) is 18.7 Å². The highest BCUT2D eigenvalue weighted by atomic mass is 19.2. The van der Waals surface area contributed by atoms with E-state index in [1.165, 1.54) is 6.07 Å². The van der Waals surface area contributed by atoms with Crippen LogP contribution in [0, 0.1) is 11.6 Å². The third kappa shape index (κ3) is 4.11. The largest absolute Gasteiger partial charge is 0.508 e. The Hall–Kier alpha value is -2.67. The van der Waals surface area contributed by atoms with Crippen LogP contribution in [0.1, 0.15) is 6.92 Å². The SMILES string of the molecule is C[C@@H](C(=O)Nc1ccc(F)c(F)c1)[NH+]1CCN(c2ccc(O)cc2)CC1. The molecule has 7 heteroatoms. The molecule has 0 aromatic heterocycles. The second kappa shape index (κ2) is 7.70. The van der Waals surface area contributed by atoms with Gasteiger partial charge in [-0.05, 0) is 43.3 Å². The van der Waals surface area contributed by atoms with Crippen LogP contribution in [-0.4, -0.2) is 43.2 Å². The number of carbonyl (C=O) groups is 1. The zero-order valence-electron chi connectivity index (χ0n) is 14.5. The maximum atomic E-state index is 13.3. The number of rotatable bonds is 4. The molecule has 2 aromatic rings. The quantitative estimate of drug-likeness (QED) is 0.771. The molecule has 5 nitrogen and oxygen atoms in total. The molecule has 3 N–H and O–H groups in total. The van der Waals surface area contributed by atoms with Gasteiger partial charge in [0.15, 0.2) is 17.7 Å². The lowest BCUT2D eigenvalue weighted by Crippen LogP contribution is -3.19. The monoisotopic (exact) mass is 362 g/mol. The number of hydrogen-bond acceptors (Lipinski definition) is 3. The molecule has 1 amide bonds. The van der Waals surface area contributed by atoms with Crippen molar-refractivity contribution in [1.82, 2.24) is 0 Å². The normalized spacial score (nSPS) is 16.3. The van der Waals surface area contributed by atoms with E-state index in [0.29, 0.717) is 0 Å². The molecule has 1 aliphatic heterocycles. The Morgan fingerprint density at radius 1 is 1.12 bits per heavy atom. The number of carbonyl (C=O) groups excluding carboxylic acids is 1. The van der Waals surface area contributed by atoms with Gasteiger partial charge in [0.1, 0.15) is 5.75 Å². The van der Waals surface area contributed by atoms with E-state index in [2.05, 4.69) is 10.2 Å². The van der Waals surface area contributed by atoms with Gasteiger partial charge < -0.3 is 20.2 Å². The molecule has 1 fully saturated rings. The number of quaternary nitrogens is 1. The number of halogens is 2. The first-order valence-corrected chi connectivity index (χ1v) is 8.58. The molecule has 0 saturated carbocycles. The smallest absolute Gasteiger partial charge is 0.282 e. The maximum absolute atomic E-state index is 13.3. The standard InChI is InChI=1S/C19H21F2N3O2/c1-13(19(26)22-14-2-7-17(20)18(21)12-14)23-8-10-24(11-9-23)15-3-5-16(25)6-4-15/h2-7,12-13,25H,8-11H2,1H3,(H,22,26)/p+1/t13-/m0/s1. The molecular weight excluding hydrogens is 340 g/mol. The Bertz CT molecular complexity index is 775. The van der Waals surface area contributed by atoms with Crippen LogP contribution in [0.25, 0.3) is 0 Å². The molecule has 0 bridgehead atoms. The Labute approximate surface area is 150 Å². The van der Waals surface area contributed by atoms with Crippen LogP contribution < -0.4 is 15.1 Å². The third-order valence-electron chi connectivity index (χ3n) is 4.81. The van der Waals surface area contributed by atoms with Crippen molar-refractivity contribution in [2.24, 2.45) is 0 Å². The number of amides is 1. The second-order valence-corrected chi connectivity index (χ2v) is 6.50. The zero-order valence-corrected chi connectivity index (χ0v) is 14.5. The molecule has 2 aromatic carbocycles. The van der Waals surface area contributed by atoms with E-state index in [1.807, 2.05) is 19.1 Å². The number of phenols is 1. The predicted octanol–water partition coefficient (Wildman–Crippen LogP) is 1.40. The lowest BCUT2D eigenvalue weighted by atomic mass is 10.2. The van der Waals surface area contributed by atoms with Crippen molar-refractivity contribution in [2.75, 3.05) is 36.4 Å². The Morgan fingerprint density at radius 3 is 2.38 bits per heavy atom. The summed E-state index contributed by atoms with van der Waals surface area (Å²) in [5.41, 5.74) is 1.30. The van der Waals surface area contributed by atoms with Crippen molar-refractivity contribution in [2.45, 2.75) is 13.0 Å². The first-order valence-electron chi connectivity index (χ1n) is 8.58. The van der Waals surface area contributed by atoms with Crippen LogP contribution in [-0.2, 0) is 4.79 Å². The third-order valence-corrected chi connectivity index (χ3v) is 4.81. The summed E-state index contributed by atoms with van der Waals surface area (Å²) in [4.78, 5) is 15.8. The lowest BCUT2D eigenvalue weighted by Gasteiger charge is -2.36. The van der Waals surface area contributed by atoms with Gasteiger partial charge in [-0.25, -0.2) is 8.78 Å². The predicted molar refractivity (Wildman–Crippen MR) is 95.5 cm³/mol. The fourth-order valence-corrected chi connectivity index (χ4v) is 3.16. The van der Waals surface area contributed by atoms with Crippen molar-refractivity contribution in [3.05, 3.63) is 54.1 Å². The number of nitrogens with zero attached hydrogens (tertiary/aromatic N) is 1. The van der Waals surface area contributed by atoms with Crippen LogP contribution >= 0.6 is 0 Å². The van der Waals surface area contributed by atoms with Gasteiger partial charge in [0.05, 0.1) is 26.2 Å². The number of piperazine rings is 1. The molecule has 0 unspecified atom stereocenters. The second-order valence-electron chi connectivity index (χ2n) is 6.50. The minimum atomic E-state index is -0.981. The summed E-state index contributed by atoms with van der Waals surface area (Å²) >= 11 is 0. The van der Waals surface area contributed by atoms with Gasteiger partial charge in [-0.2, -0.15) is 0 Å². The van der Waals surface area contributed by atoms with Gasteiger partial charge in [0.2, 0.25) is 0 Å². The molecular formula is C19H22F2N3O2+. The van der Waals surface area contributed by atoms with Crippen LogP contribution in [0.5, 0.6) is 5.75 Å². The van der Waals surface area contributed by atoms with Crippen molar-refractivity contribution in [3.63, 3.8) is 0 Å². The summed E-state index contributed by atoms with van der Waals surface area (Å²) in [6.45, 7) is 4.99. The fourth-order valence-electron chi connectivity index (χ4n) is 3.16. The first-order chi connectivity index (χ1) is 12.4. The minimum Gasteiger partial charge on any atom is -0.508 e. The Balaban J connectivity index is 1.55. The van der Waals surface area contributed by atoms with Gasteiger partial charge in [-0.3, -0.25) is 4.79 Å². The van der Waals surface area contributed by atoms with Gasteiger partial charge in [0.25, 0.3) is 5.91 Å². The molecule has 0 radical (unpaired) electrons. The number of nitrogens with one attached hydrogen (secondary N) is 2. The number of hydrogen-bond donors (Lipinski definition) is 3. The van der Waals surface area contributed by atoms with E-state index in [-0.39, 0.29) is 23.4 Å². The highest BCUT2D eigenvalue weighted by Crippen LogP contribution is 2.18. The summed E-state index contributed by atoms with van der Waals surface area (Å²) in [6, 6.07) is 10.1. The van der Waals surface area contributed by atoms with E-state index < -0.39 is 11.6 Å². The van der Waals surface area contributed by atoms with Gasteiger partial charge >= 0.3 is 0 Å². The highest BCUT2D eigenvalue weighted by Gasteiger charge is 2.29. The van der Waals surface area contributed by atoms with Gasteiger partial charge in [-0.1, -0.05) is 0 Å². The van der Waals surface area contributed by atoms with Gasteiger partial charge in [0, 0.05) is 17.4 Å². The van der Waals surface area contributed by atoms with Crippen LogP contribution in [0.2, 0.25) is 0 Å². The molecule has 1 aliphatic rings. The maximum Gasteiger partial charge on any atom is 0.282 e. The molecule has 1 atom stereocenters. The number of anilines is 2. The van der Waals surface area contributed by atoms with Crippen molar-refractivity contribution < 1.29 is 23.6 Å². The highest BCUT2D eigenvalue weighted by molar-refractivity contribution is 5.93. The molecule has 0 aliphatic carbocycles.